The summed E-state index contributed by atoms with van der Waals surface area (Å²) in [5.74, 6) is 0.117. The number of hydrogen-bond donors (Lipinski definition) is 1. The molecule has 134 valence electrons. The van der Waals surface area contributed by atoms with Crippen LogP contribution in [0.5, 0.6) is 5.75 Å². The van der Waals surface area contributed by atoms with Gasteiger partial charge >= 0.3 is 5.76 Å². The molecule has 1 N–H and O–H groups in total. The Balaban J connectivity index is 1.47. The fourth-order valence-electron chi connectivity index (χ4n) is 3.29. The lowest BCUT2D eigenvalue weighted by atomic mass is 10.1. The topological polar surface area (TPSA) is 78.8 Å². The van der Waals surface area contributed by atoms with Gasteiger partial charge in [0.15, 0.2) is 5.58 Å². The number of piperazine rings is 1. The molecule has 0 saturated carbocycles. The summed E-state index contributed by atoms with van der Waals surface area (Å²) < 4.78 is 10.4. The average molecular weight is 353 g/mol. The Labute approximate surface area is 149 Å². The summed E-state index contributed by atoms with van der Waals surface area (Å²) in [6.07, 6.45) is 0. The number of carbonyl (C=O) groups is 1. The van der Waals surface area contributed by atoms with Crippen LogP contribution in [0.1, 0.15) is 10.4 Å². The monoisotopic (exact) mass is 353 g/mol. The zero-order valence-corrected chi connectivity index (χ0v) is 14.4. The van der Waals surface area contributed by atoms with Crippen molar-refractivity contribution in [3.63, 3.8) is 0 Å². The Morgan fingerprint density at radius 1 is 1.12 bits per heavy atom. The number of aromatic nitrogens is 1. The molecule has 0 atom stereocenters. The van der Waals surface area contributed by atoms with Gasteiger partial charge in [-0.1, -0.05) is 12.1 Å². The van der Waals surface area contributed by atoms with Gasteiger partial charge < -0.3 is 19.0 Å². The van der Waals surface area contributed by atoms with Crippen molar-refractivity contribution in [2.75, 3.05) is 38.2 Å². The van der Waals surface area contributed by atoms with E-state index in [0.29, 0.717) is 48.6 Å². The van der Waals surface area contributed by atoms with Crippen LogP contribution in [-0.2, 0) is 0 Å². The third kappa shape index (κ3) is 2.92. The minimum atomic E-state index is -0.454. The second-order valence-corrected chi connectivity index (χ2v) is 6.17. The van der Waals surface area contributed by atoms with Crippen molar-refractivity contribution in [3.05, 3.63) is 58.6 Å². The first-order valence-corrected chi connectivity index (χ1v) is 8.46. The molecule has 4 rings (SSSR count). The lowest BCUT2D eigenvalue weighted by Gasteiger charge is -2.36. The van der Waals surface area contributed by atoms with E-state index in [2.05, 4.69) is 9.88 Å². The molecule has 7 nitrogen and oxygen atoms in total. The maximum Gasteiger partial charge on any atom is 0.417 e. The van der Waals surface area contributed by atoms with Crippen LogP contribution < -0.4 is 15.4 Å². The van der Waals surface area contributed by atoms with Gasteiger partial charge in [0.05, 0.1) is 18.2 Å². The molecule has 0 radical (unpaired) electrons. The van der Waals surface area contributed by atoms with Crippen LogP contribution in [0.15, 0.2) is 51.7 Å². The number of oxazole rings is 1. The lowest BCUT2D eigenvalue weighted by molar-refractivity contribution is 0.0743. The number of nitrogens with one attached hydrogen (secondary N) is 1. The molecule has 7 heteroatoms. The molecule has 1 saturated heterocycles. The van der Waals surface area contributed by atoms with Crippen molar-refractivity contribution in [2.45, 2.75) is 0 Å². The fraction of sp³-hybridized carbons (Fsp3) is 0.263. The van der Waals surface area contributed by atoms with Crippen LogP contribution >= 0.6 is 0 Å². The molecule has 1 fully saturated rings. The zero-order valence-electron chi connectivity index (χ0n) is 14.4. The summed E-state index contributed by atoms with van der Waals surface area (Å²) in [6.45, 7) is 2.65. The van der Waals surface area contributed by atoms with Gasteiger partial charge in [0, 0.05) is 37.9 Å². The fourth-order valence-corrected chi connectivity index (χ4v) is 3.29. The van der Waals surface area contributed by atoms with E-state index in [1.54, 1.807) is 19.2 Å². The largest absolute Gasteiger partial charge is 0.496 e. The molecule has 1 aliphatic rings. The number of benzene rings is 2. The Kier molecular flexibility index (Phi) is 4.12. The molecular formula is C19H19N3O4. The highest BCUT2D eigenvalue weighted by Crippen LogP contribution is 2.23. The second-order valence-electron chi connectivity index (χ2n) is 6.17. The van der Waals surface area contributed by atoms with E-state index in [0.717, 1.165) is 5.69 Å². The Morgan fingerprint density at radius 3 is 2.65 bits per heavy atom. The Morgan fingerprint density at radius 2 is 1.88 bits per heavy atom. The molecule has 0 bridgehead atoms. The first-order chi connectivity index (χ1) is 12.7. The molecule has 1 aromatic heterocycles. The number of hydrogen-bond acceptors (Lipinski definition) is 5. The molecule has 0 unspecified atom stereocenters. The number of rotatable bonds is 3. The second kappa shape index (κ2) is 6.59. The number of fused-ring (bicyclic) bond motifs is 1. The van der Waals surface area contributed by atoms with Crippen molar-refractivity contribution in [2.24, 2.45) is 0 Å². The van der Waals surface area contributed by atoms with Crippen molar-refractivity contribution < 1.29 is 13.9 Å². The minimum absolute atomic E-state index is 0.0193. The molecule has 3 aromatic rings. The van der Waals surface area contributed by atoms with E-state index in [-0.39, 0.29) is 5.91 Å². The highest BCUT2D eigenvalue weighted by Gasteiger charge is 2.24. The van der Waals surface area contributed by atoms with Gasteiger partial charge in [0.2, 0.25) is 0 Å². The summed E-state index contributed by atoms with van der Waals surface area (Å²) in [5.41, 5.74) is 2.78. The number of nitrogens with zero attached hydrogens (tertiary/aromatic N) is 2. The molecule has 2 aromatic carbocycles. The number of methoxy groups -OCH3 is 1. The van der Waals surface area contributed by atoms with Crippen molar-refractivity contribution in [1.29, 1.82) is 0 Å². The van der Waals surface area contributed by atoms with Crippen LogP contribution in [0.25, 0.3) is 11.1 Å². The normalized spacial score (nSPS) is 14.7. The molecule has 0 spiro atoms. The molecule has 1 aliphatic heterocycles. The predicted octanol–water partition coefficient (Wildman–Crippen LogP) is 2.09. The summed E-state index contributed by atoms with van der Waals surface area (Å²) in [6, 6.07) is 12.9. The first-order valence-electron chi connectivity index (χ1n) is 8.46. The minimum Gasteiger partial charge on any atom is -0.496 e. The van der Waals surface area contributed by atoms with E-state index >= 15 is 0 Å². The smallest absolute Gasteiger partial charge is 0.417 e. The number of para-hydroxylation sites is 1. The molecule has 0 aliphatic carbocycles. The van der Waals surface area contributed by atoms with Crippen molar-refractivity contribution in [3.8, 4) is 5.75 Å². The lowest BCUT2D eigenvalue weighted by Crippen LogP contribution is -2.48. The van der Waals surface area contributed by atoms with E-state index in [9.17, 15) is 9.59 Å². The van der Waals surface area contributed by atoms with Gasteiger partial charge in [-0.2, -0.15) is 0 Å². The average Bonchev–Trinajstić information content (AvgIpc) is 3.06. The number of ether oxygens (including phenoxy) is 1. The van der Waals surface area contributed by atoms with E-state index in [1.807, 2.05) is 35.2 Å². The number of H-pyrrole nitrogens is 1. The number of anilines is 1. The van der Waals surface area contributed by atoms with Crippen molar-refractivity contribution >= 4 is 22.7 Å². The Hall–Kier alpha value is -3.22. The number of carbonyl (C=O) groups excluding carboxylic acids is 1. The molecule has 1 amide bonds. The summed E-state index contributed by atoms with van der Waals surface area (Å²) in [7, 11) is 1.57. The van der Waals surface area contributed by atoms with Crippen LogP contribution in [0, 0.1) is 0 Å². The molecule has 26 heavy (non-hydrogen) atoms. The number of aromatic amines is 1. The van der Waals surface area contributed by atoms with Crippen molar-refractivity contribution in [1.82, 2.24) is 9.88 Å². The Bertz CT molecular complexity index is 999. The quantitative estimate of drug-likeness (QED) is 0.780. The van der Waals surface area contributed by atoms with Crippen LogP contribution in [0.4, 0.5) is 5.69 Å². The molecule has 2 heterocycles. The first kappa shape index (κ1) is 16.3. The summed E-state index contributed by atoms with van der Waals surface area (Å²) in [5, 5.41) is 0. The molecular weight excluding hydrogens is 334 g/mol. The van der Waals surface area contributed by atoms with Gasteiger partial charge in [-0.25, -0.2) is 4.79 Å². The van der Waals surface area contributed by atoms with Crippen LogP contribution in [-0.4, -0.2) is 49.1 Å². The number of amides is 1. The maximum absolute atomic E-state index is 12.8. The van der Waals surface area contributed by atoms with Gasteiger partial charge in [-0.15, -0.1) is 0 Å². The van der Waals surface area contributed by atoms with Crippen LogP contribution in [0.3, 0.4) is 0 Å². The van der Waals surface area contributed by atoms with E-state index in [4.69, 9.17) is 9.15 Å². The SMILES string of the molecule is COc1ccccc1C(=O)N1CCN(c2ccc3[nH]c(=O)oc3c2)CC1. The van der Waals surface area contributed by atoms with Gasteiger partial charge in [-0.3, -0.25) is 9.78 Å². The third-order valence-electron chi connectivity index (χ3n) is 4.67. The van der Waals surface area contributed by atoms with E-state index in [1.165, 1.54) is 0 Å². The van der Waals surface area contributed by atoms with Gasteiger partial charge in [-0.05, 0) is 24.3 Å². The highest BCUT2D eigenvalue weighted by atomic mass is 16.5. The van der Waals surface area contributed by atoms with E-state index < -0.39 is 5.76 Å². The highest BCUT2D eigenvalue weighted by molar-refractivity contribution is 5.97. The standard InChI is InChI=1S/C19H19N3O4/c1-25-16-5-3-2-4-14(16)18(23)22-10-8-21(9-11-22)13-6-7-15-17(12-13)26-19(24)20-15/h2-7,12H,8-11H2,1H3,(H,20,24). The van der Waals surface area contributed by atoms with Gasteiger partial charge in [0.25, 0.3) is 5.91 Å². The zero-order chi connectivity index (χ0) is 18.1. The summed E-state index contributed by atoms with van der Waals surface area (Å²) >= 11 is 0. The van der Waals surface area contributed by atoms with Crippen LogP contribution in [0.2, 0.25) is 0 Å². The van der Waals surface area contributed by atoms with Gasteiger partial charge in [0.1, 0.15) is 5.75 Å². The third-order valence-corrected chi connectivity index (χ3v) is 4.67. The predicted molar refractivity (Wildman–Crippen MR) is 97.9 cm³/mol. The summed E-state index contributed by atoms with van der Waals surface area (Å²) in [4.78, 5) is 30.7. The maximum atomic E-state index is 12.8.